The molecular formula is C26H29N9O2. The van der Waals surface area contributed by atoms with Gasteiger partial charge in [-0.1, -0.05) is 18.2 Å². The molecule has 2 aromatic heterocycles. The third kappa shape index (κ3) is 6.19. The van der Waals surface area contributed by atoms with E-state index in [0.717, 1.165) is 23.5 Å². The Kier molecular flexibility index (Phi) is 7.62. The zero-order chi connectivity index (χ0) is 26.5. The lowest BCUT2D eigenvalue weighted by atomic mass is 10.1. The number of pyridine rings is 1. The van der Waals surface area contributed by atoms with E-state index >= 15 is 0 Å². The molecule has 2 unspecified atom stereocenters. The summed E-state index contributed by atoms with van der Waals surface area (Å²) in [7, 11) is 0. The number of benzene rings is 1. The van der Waals surface area contributed by atoms with Crippen LogP contribution in [-0.2, 0) is 11.3 Å². The van der Waals surface area contributed by atoms with Crippen LogP contribution in [0, 0.1) is 17.2 Å². The summed E-state index contributed by atoms with van der Waals surface area (Å²) in [4.78, 5) is 26.7. The molecule has 3 aromatic rings. The first-order chi connectivity index (χ1) is 17.7. The van der Waals surface area contributed by atoms with Gasteiger partial charge >= 0.3 is 5.97 Å². The average Bonchev–Trinajstić information content (AvgIpc) is 3.39. The van der Waals surface area contributed by atoms with E-state index < -0.39 is 5.97 Å². The average molecular weight is 500 g/mol. The second-order valence-corrected chi connectivity index (χ2v) is 8.99. The highest BCUT2D eigenvalue weighted by atomic mass is 16.4. The number of carboxylic acid groups (broad SMARTS) is 1. The zero-order valence-electron chi connectivity index (χ0n) is 20.5. The highest BCUT2D eigenvalue weighted by Gasteiger charge is 2.31. The van der Waals surface area contributed by atoms with E-state index in [1.165, 1.54) is 5.01 Å². The first-order valence-electron chi connectivity index (χ1n) is 11.8. The first-order valence-corrected chi connectivity index (χ1v) is 11.8. The first kappa shape index (κ1) is 25.6. The number of hydrogen-bond acceptors (Lipinski definition) is 10. The van der Waals surface area contributed by atoms with Crippen LogP contribution in [-0.4, -0.2) is 49.0 Å². The molecule has 190 valence electrons. The van der Waals surface area contributed by atoms with Gasteiger partial charge in [-0.05, 0) is 50.2 Å². The number of nitriles is 1. The second kappa shape index (κ2) is 11.0. The van der Waals surface area contributed by atoms with Crippen LogP contribution in [0.4, 0.5) is 5.95 Å². The molecule has 0 saturated carbocycles. The minimum Gasteiger partial charge on any atom is -0.481 e. The van der Waals surface area contributed by atoms with Gasteiger partial charge in [0.25, 0.3) is 0 Å². The highest BCUT2D eigenvalue weighted by molar-refractivity contribution is 5.70. The van der Waals surface area contributed by atoms with Crippen LogP contribution in [0.15, 0.2) is 54.7 Å². The Hall–Kier alpha value is -4.53. The Morgan fingerprint density at radius 1 is 1.27 bits per heavy atom. The Morgan fingerprint density at radius 2 is 2.05 bits per heavy atom. The van der Waals surface area contributed by atoms with E-state index in [4.69, 9.17) is 22.3 Å². The van der Waals surface area contributed by atoms with Crippen LogP contribution >= 0.6 is 0 Å². The van der Waals surface area contributed by atoms with Crippen molar-refractivity contribution in [3.05, 3.63) is 77.4 Å². The molecule has 0 radical (unpaired) electrons. The largest absolute Gasteiger partial charge is 0.481 e. The van der Waals surface area contributed by atoms with Gasteiger partial charge < -0.3 is 21.6 Å². The third-order valence-corrected chi connectivity index (χ3v) is 6.35. The van der Waals surface area contributed by atoms with Crippen molar-refractivity contribution in [3.63, 3.8) is 0 Å². The van der Waals surface area contributed by atoms with Gasteiger partial charge in [0.05, 0.1) is 52.6 Å². The van der Waals surface area contributed by atoms with Crippen molar-refractivity contribution in [3.8, 4) is 17.3 Å². The lowest BCUT2D eigenvalue weighted by Crippen LogP contribution is -2.28. The minimum atomic E-state index is -0.757. The third-order valence-electron chi connectivity index (χ3n) is 6.35. The van der Waals surface area contributed by atoms with E-state index in [1.54, 1.807) is 30.5 Å². The van der Waals surface area contributed by atoms with Crippen LogP contribution in [0.2, 0.25) is 0 Å². The number of likely N-dealkylation sites (tertiary alicyclic amines) is 1. The molecule has 1 aliphatic heterocycles. The number of carbonyl (C=O) groups is 1. The van der Waals surface area contributed by atoms with E-state index in [2.05, 4.69) is 20.9 Å². The Morgan fingerprint density at radius 3 is 2.78 bits per heavy atom. The molecule has 1 saturated heterocycles. The summed E-state index contributed by atoms with van der Waals surface area (Å²) < 4.78 is 0. The number of carboxylic acids is 1. The highest BCUT2D eigenvalue weighted by Crippen LogP contribution is 2.27. The number of nitrogen functional groups attached to an aromatic ring is 1. The van der Waals surface area contributed by atoms with Crippen LogP contribution in [0.3, 0.4) is 0 Å². The van der Waals surface area contributed by atoms with Gasteiger partial charge in [-0.15, -0.1) is 0 Å². The standard InChI is InChI=1S/C26H29N9O2/c1-16(34-9-8-19(13-34)25(36)37)22-7-3-6-20(31-22)14-35(30)15-21(28)24-11-23(32-26(29)33-24)18-5-2-4-17(10-18)12-27/h2-7,10-11,15-16,19H,8-9,13-14,28,30H2,1H3,(H,36,37)(H2,29,32,33)/b21-15-. The maximum absolute atomic E-state index is 11.3. The van der Waals surface area contributed by atoms with Gasteiger partial charge in [0.15, 0.2) is 0 Å². The maximum atomic E-state index is 11.3. The molecule has 0 amide bonds. The number of anilines is 1. The molecule has 0 aliphatic carbocycles. The van der Waals surface area contributed by atoms with Gasteiger partial charge in [-0.25, -0.2) is 15.8 Å². The molecule has 11 nitrogen and oxygen atoms in total. The predicted octanol–water partition coefficient (Wildman–Crippen LogP) is 2.09. The van der Waals surface area contributed by atoms with Crippen molar-refractivity contribution in [1.82, 2.24) is 24.9 Å². The summed E-state index contributed by atoms with van der Waals surface area (Å²) in [5.41, 5.74) is 16.2. The molecule has 11 heteroatoms. The molecule has 0 bridgehead atoms. The van der Waals surface area contributed by atoms with Crippen molar-refractivity contribution >= 4 is 17.6 Å². The van der Waals surface area contributed by atoms with Crippen molar-refractivity contribution in [2.45, 2.75) is 25.9 Å². The number of nitrogens with zero attached hydrogens (tertiary/aromatic N) is 6. The lowest BCUT2D eigenvalue weighted by Gasteiger charge is -2.24. The molecule has 3 heterocycles. The normalized spacial score (nSPS) is 16.8. The van der Waals surface area contributed by atoms with E-state index in [9.17, 15) is 15.2 Å². The minimum absolute atomic E-state index is 0.0157. The fourth-order valence-corrected chi connectivity index (χ4v) is 4.33. The lowest BCUT2D eigenvalue weighted by molar-refractivity contribution is -0.141. The van der Waals surface area contributed by atoms with Crippen molar-refractivity contribution in [2.75, 3.05) is 18.8 Å². The summed E-state index contributed by atoms with van der Waals surface area (Å²) >= 11 is 0. The van der Waals surface area contributed by atoms with Crippen LogP contribution in [0.1, 0.15) is 42.0 Å². The van der Waals surface area contributed by atoms with Gasteiger partial charge in [0.2, 0.25) is 5.95 Å². The number of aliphatic carboxylic acids is 1. The summed E-state index contributed by atoms with van der Waals surface area (Å²) in [6.45, 7) is 3.54. The van der Waals surface area contributed by atoms with Gasteiger partial charge in [-0.2, -0.15) is 5.26 Å². The fraction of sp³-hybridized carbons (Fsp3) is 0.269. The topological polar surface area (TPSA) is 184 Å². The second-order valence-electron chi connectivity index (χ2n) is 8.99. The summed E-state index contributed by atoms with van der Waals surface area (Å²) in [6, 6.07) is 16.5. The number of hydrazine groups is 1. The number of nitrogens with two attached hydrogens (primary N) is 3. The van der Waals surface area contributed by atoms with Crippen molar-refractivity contribution < 1.29 is 9.90 Å². The van der Waals surface area contributed by atoms with Crippen LogP contribution < -0.4 is 17.3 Å². The smallest absolute Gasteiger partial charge is 0.307 e. The molecule has 2 atom stereocenters. The number of rotatable bonds is 8. The zero-order valence-corrected chi connectivity index (χ0v) is 20.5. The van der Waals surface area contributed by atoms with Crippen LogP contribution in [0.25, 0.3) is 17.0 Å². The van der Waals surface area contributed by atoms with Gasteiger partial charge in [-0.3, -0.25) is 14.7 Å². The Bertz CT molecular complexity index is 1370. The maximum Gasteiger partial charge on any atom is 0.307 e. The molecule has 1 fully saturated rings. The molecule has 1 aliphatic rings. The SMILES string of the molecule is CC(c1cccc(CN(N)/C=C(\N)c2cc(-c3cccc(C#N)c3)nc(N)n2)n1)N1CCC(C(=O)O)C1. The van der Waals surface area contributed by atoms with Crippen LogP contribution in [0.5, 0.6) is 0 Å². The van der Waals surface area contributed by atoms with Gasteiger partial charge in [0.1, 0.15) is 0 Å². The van der Waals surface area contributed by atoms with Crippen molar-refractivity contribution in [2.24, 2.45) is 17.5 Å². The Labute approximate surface area is 214 Å². The van der Waals surface area contributed by atoms with E-state index in [0.29, 0.717) is 29.9 Å². The van der Waals surface area contributed by atoms with E-state index in [-0.39, 0.29) is 30.1 Å². The fourth-order valence-electron chi connectivity index (χ4n) is 4.33. The molecule has 37 heavy (non-hydrogen) atoms. The number of hydrogen-bond donors (Lipinski definition) is 4. The molecule has 0 spiro atoms. The van der Waals surface area contributed by atoms with Crippen molar-refractivity contribution in [1.29, 1.82) is 5.26 Å². The summed E-state index contributed by atoms with van der Waals surface area (Å²) in [5.74, 6) is 5.17. The molecule has 1 aromatic carbocycles. The molecular weight excluding hydrogens is 470 g/mol. The monoisotopic (exact) mass is 499 g/mol. The quantitative estimate of drug-likeness (QED) is 0.263. The summed E-state index contributed by atoms with van der Waals surface area (Å²) in [5, 5.41) is 19.9. The molecule has 7 N–H and O–H groups in total. The van der Waals surface area contributed by atoms with Gasteiger partial charge in [0, 0.05) is 24.4 Å². The predicted molar refractivity (Wildman–Crippen MR) is 138 cm³/mol. The summed E-state index contributed by atoms with van der Waals surface area (Å²) in [6.07, 6.45) is 2.19. The van der Waals surface area contributed by atoms with E-state index in [1.807, 2.05) is 31.2 Å². The Balaban J connectivity index is 1.48. The molecule has 4 rings (SSSR count). The number of aromatic nitrogens is 3.